The van der Waals surface area contributed by atoms with Crippen LogP contribution in [0.15, 0.2) is 78.0 Å². The molecule has 2 unspecified atom stereocenters. The molecule has 6 heteroatoms. The van der Waals surface area contributed by atoms with Crippen LogP contribution in [-0.4, -0.2) is 28.6 Å². The van der Waals surface area contributed by atoms with Crippen LogP contribution in [0.25, 0.3) is 0 Å². The van der Waals surface area contributed by atoms with Crippen molar-refractivity contribution in [3.8, 4) is 0 Å². The molecule has 154 valence electrons. The molecule has 1 heterocycles. The molecule has 0 aliphatic heterocycles. The SMILES string of the molecule is CN=C(NCc1nccn1Cc1ccccc1)NC(C)C(C)c1ccccc1.I. The van der Waals surface area contributed by atoms with Gasteiger partial charge in [0.15, 0.2) is 5.96 Å². The molecule has 0 saturated carbocycles. The van der Waals surface area contributed by atoms with Crippen LogP contribution in [-0.2, 0) is 13.1 Å². The molecule has 3 rings (SSSR count). The molecule has 0 amide bonds. The van der Waals surface area contributed by atoms with Gasteiger partial charge in [-0.3, -0.25) is 4.99 Å². The van der Waals surface area contributed by atoms with Gasteiger partial charge >= 0.3 is 0 Å². The van der Waals surface area contributed by atoms with Gasteiger partial charge in [-0.1, -0.05) is 67.6 Å². The highest BCUT2D eigenvalue weighted by molar-refractivity contribution is 14.0. The van der Waals surface area contributed by atoms with Crippen molar-refractivity contribution < 1.29 is 0 Å². The van der Waals surface area contributed by atoms with Crippen LogP contribution >= 0.6 is 24.0 Å². The zero-order valence-electron chi connectivity index (χ0n) is 17.2. The molecule has 0 fully saturated rings. The highest BCUT2D eigenvalue weighted by Crippen LogP contribution is 2.18. The third kappa shape index (κ3) is 6.59. The van der Waals surface area contributed by atoms with Gasteiger partial charge in [-0.05, 0) is 18.1 Å². The van der Waals surface area contributed by atoms with Gasteiger partial charge in [-0.15, -0.1) is 24.0 Å². The van der Waals surface area contributed by atoms with Gasteiger partial charge in [0, 0.05) is 37.9 Å². The number of rotatable bonds is 7. The van der Waals surface area contributed by atoms with Crippen molar-refractivity contribution in [3.05, 3.63) is 90.0 Å². The van der Waals surface area contributed by atoms with Crippen LogP contribution < -0.4 is 10.6 Å². The minimum absolute atomic E-state index is 0. The van der Waals surface area contributed by atoms with Gasteiger partial charge < -0.3 is 15.2 Å². The zero-order valence-corrected chi connectivity index (χ0v) is 19.6. The van der Waals surface area contributed by atoms with Crippen LogP contribution in [0.1, 0.15) is 36.7 Å². The topological polar surface area (TPSA) is 54.2 Å². The Hall–Kier alpha value is -2.35. The third-order valence-electron chi connectivity index (χ3n) is 5.07. The molecule has 0 aliphatic rings. The summed E-state index contributed by atoms with van der Waals surface area (Å²) in [5.41, 5.74) is 2.57. The predicted octanol–water partition coefficient (Wildman–Crippen LogP) is 4.41. The van der Waals surface area contributed by atoms with Crippen molar-refractivity contribution in [1.82, 2.24) is 20.2 Å². The fourth-order valence-corrected chi connectivity index (χ4v) is 3.17. The summed E-state index contributed by atoms with van der Waals surface area (Å²) in [5, 5.41) is 6.89. The van der Waals surface area contributed by atoms with Gasteiger partial charge in [0.2, 0.25) is 0 Å². The Morgan fingerprint density at radius 2 is 1.69 bits per heavy atom. The number of benzene rings is 2. The summed E-state index contributed by atoms with van der Waals surface area (Å²) in [6, 6.07) is 21.2. The second-order valence-electron chi connectivity index (χ2n) is 7.02. The summed E-state index contributed by atoms with van der Waals surface area (Å²) in [5.74, 6) is 2.14. The molecule has 0 bridgehead atoms. The van der Waals surface area contributed by atoms with Crippen molar-refractivity contribution in [2.45, 2.75) is 38.9 Å². The smallest absolute Gasteiger partial charge is 0.191 e. The second-order valence-corrected chi connectivity index (χ2v) is 7.02. The average Bonchev–Trinajstić information content (AvgIpc) is 3.18. The maximum absolute atomic E-state index is 4.50. The first-order valence-corrected chi connectivity index (χ1v) is 9.73. The summed E-state index contributed by atoms with van der Waals surface area (Å²) in [7, 11) is 1.80. The average molecular weight is 503 g/mol. The van der Waals surface area contributed by atoms with E-state index in [4.69, 9.17) is 0 Å². The first-order valence-electron chi connectivity index (χ1n) is 9.73. The van der Waals surface area contributed by atoms with E-state index in [1.807, 2.05) is 24.5 Å². The monoisotopic (exact) mass is 503 g/mol. The molecule has 29 heavy (non-hydrogen) atoms. The standard InChI is InChI=1S/C23H29N5.HI/c1-18(21-12-8-5-9-13-21)19(2)27-23(24-3)26-16-22-25-14-15-28(22)17-20-10-6-4-7-11-20;/h4-15,18-19H,16-17H2,1-3H3,(H2,24,26,27);1H. The van der Waals surface area contributed by atoms with E-state index < -0.39 is 0 Å². The van der Waals surface area contributed by atoms with Crippen LogP contribution in [0.5, 0.6) is 0 Å². The minimum Gasteiger partial charge on any atom is -0.353 e. The van der Waals surface area contributed by atoms with Crippen LogP contribution in [0.4, 0.5) is 0 Å². The van der Waals surface area contributed by atoms with E-state index >= 15 is 0 Å². The Bertz CT molecular complexity index is 877. The number of guanidine groups is 1. The normalized spacial score (nSPS) is 13.3. The number of halogens is 1. The molecular formula is C23H30IN5. The van der Waals surface area contributed by atoms with Crippen molar-refractivity contribution in [3.63, 3.8) is 0 Å². The Morgan fingerprint density at radius 1 is 1.03 bits per heavy atom. The molecular weight excluding hydrogens is 473 g/mol. The Balaban J connectivity index is 0.00000300. The lowest BCUT2D eigenvalue weighted by Gasteiger charge is -2.24. The predicted molar refractivity (Wildman–Crippen MR) is 131 cm³/mol. The van der Waals surface area contributed by atoms with Gasteiger partial charge in [-0.2, -0.15) is 0 Å². The minimum atomic E-state index is 0. The van der Waals surface area contributed by atoms with Crippen LogP contribution in [0.3, 0.4) is 0 Å². The van der Waals surface area contributed by atoms with Gasteiger partial charge in [0.1, 0.15) is 5.82 Å². The lowest BCUT2D eigenvalue weighted by molar-refractivity contribution is 0.548. The first-order chi connectivity index (χ1) is 13.7. The van der Waals surface area contributed by atoms with E-state index in [2.05, 4.69) is 87.6 Å². The summed E-state index contributed by atoms with van der Waals surface area (Å²) in [4.78, 5) is 8.87. The van der Waals surface area contributed by atoms with E-state index in [1.165, 1.54) is 11.1 Å². The van der Waals surface area contributed by atoms with Gasteiger partial charge in [0.05, 0.1) is 6.54 Å². The quantitative estimate of drug-likeness (QED) is 0.286. The third-order valence-corrected chi connectivity index (χ3v) is 5.07. The number of nitrogens with zero attached hydrogens (tertiary/aromatic N) is 3. The fourth-order valence-electron chi connectivity index (χ4n) is 3.17. The zero-order chi connectivity index (χ0) is 19.8. The maximum Gasteiger partial charge on any atom is 0.191 e. The largest absolute Gasteiger partial charge is 0.353 e. The molecule has 1 aromatic heterocycles. The van der Waals surface area contributed by atoms with E-state index in [1.54, 1.807) is 7.05 Å². The van der Waals surface area contributed by atoms with Crippen LogP contribution in [0.2, 0.25) is 0 Å². The number of aromatic nitrogens is 2. The van der Waals surface area contributed by atoms with E-state index in [0.29, 0.717) is 12.5 Å². The lowest BCUT2D eigenvalue weighted by Crippen LogP contribution is -2.44. The molecule has 2 N–H and O–H groups in total. The number of hydrogen-bond donors (Lipinski definition) is 2. The number of aliphatic imine (C=N–C) groups is 1. The number of nitrogens with one attached hydrogen (secondary N) is 2. The first kappa shape index (κ1) is 22.9. The van der Waals surface area contributed by atoms with Crippen LogP contribution in [0, 0.1) is 0 Å². The summed E-state index contributed by atoms with van der Waals surface area (Å²) in [6.07, 6.45) is 3.86. The maximum atomic E-state index is 4.50. The molecule has 3 aromatic rings. The van der Waals surface area contributed by atoms with E-state index in [9.17, 15) is 0 Å². The summed E-state index contributed by atoms with van der Waals surface area (Å²) in [6.45, 7) is 5.84. The molecule has 5 nitrogen and oxygen atoms in total. The fraction of sp³-hybridized carbons (Fsp3) is 0.304. The van der Waals surface area contributed by atoms with E-state index in [0.717, 1.165) is 18.3 Å². The summed E-state index contributed by atoms with van der Waals surface area (Å²) < 4.78 is 2.16. The summed E-state index contributed by atoms with van der Waals surface area (Å²) >= 11 is 0. The number of imidazole rings is 1. The molecule has 2 aromatic carbocycles. The van der Waals surface area contributed by atoms with Gasteiger partial charge in [-0.25, -0.2) is 4.98 Å². The molecule has 0 saturated heterocycles. The van der Waals surface area contributed by atoms with Gasteiger partial charge in [0.25, 0.3) is 0 Å². The van der Waals surface area contributed by atoms with Crippen molar-refractivity contribution >= 4 is 29.9 Å². The lowest BCUT2D eigenvalue weighted by atomic mass is 9.94. The molecule has 2 atom stereocenters. The number of hydrogen-bond acceptors (Lipinski definition) is 2. The Labute approximate surface area is 190 Å². The van der Waals surface area contributed by atoms with Crippen molar-refractivity contribution in [2.75, 3.05) is 7.05 Å². The highest BCUT2D eigenvalue weighted by Gasteiger charge is 2.15. The highest BCUT2D eigenvalue weighted by atomic mass is 127. The van der Waals surface area contributed by atoms with E-state index in [-0.39, 0.29) is 30.0 Å². The molecule has 0 aliphatic carbocycles. The molecule has 0 radical (unpaired) electrons. The van der Waals surface area contributed by atoms with Crippen molar-refractivity contribution in [1.29, 1.82) is 0 Å². The van der Waals surface area contributed by atoms with Crippen molar-refractivity contribution in [2.24, 2.45) is 4.99 Å². The molecule has 0 spiro atoms. The second kappa shape index (κ2) is 11.6. The Morgan fingerprint density at radius 3 is 2.34 bits per heavy atom. The Kier molecular flexibility index (Phi) is 9.18.